The maximum absolute atomic E-state index is 6.14. The van der Waals surface area contributed by atoms with Crippen molar-refractivity contribution < 1.29 is 0 Å². The van der Waals surface area contributed by atoms with Gasteiger partial charge in [0.25, 0.3) is 0 Å². The fourth-order valence-corrected chi connectivity index (χ4v) is 1.87. The lowest BCUT2D eigenvalue weighted by Crippen LogP contribution is -2.28. The molecule has 0 spiro atoms. The minimum absolute atomic E-state index is 0.118. The van der Waals surface area contributed by atoms with Crippen molar-refractivity contribution in [3.63, 3.8) is 0 Å². The molecule has 3 heteroatoms. The molecule has 0 radical (unpaired) electrons. The molecule has 1 rings (SSSR count). The second kappa shape index (κ2) is 3.76. The monoisotopic (exact) mass is 198 g/mol. The predicted octanol–water partition coefficient (Wildman–Crippen LogP) is 2.83. The molecule has 0 fully saturated rings. The van der Waals surface area contributed by atoms with Crippen LogP contribution in [-0.2, 0) is 0 Å². The summed E-state index contributed by atoms with van der Waals surface area (Å²) in [6, 6.07) is 2.13. The maximum atomic E-state index is 6.14. The molecule has 0 saturated carbocycles. The highest BCUT2D eigenvalue weighted by atomic mass is 32.1. The third kappa shape index (κ3) is 2.51. The van der Waals surface area contributed by atoms with E-state index < -0.39 is 0 Å². The summed E-state index contributed by atoms with van der Waals surface area (Å²) >= 11 is 1.50. The first-order valence-electron chi connectivity index (χ1n) is 4.59. The molecule has 74 valence electrons. The molecule has 0 amide bonds. The molecule has 0 aromatic carbocycles. The van der Waals surface area contributed by atoms with Crippen molar-refractivity contribution in [3.05, 3.63) is 17.1 Å². The summed E-state index contributed by atoms with van der Waals surface area (Å²) in [5.74, 6) is 0.466. The van der Waals surface area contributed by atoms with Gasteiger partial charge in [-0.2, -0.15) is 0 Å². The molecule has 2 nitrogen and oxygen atoms in total. The van der Waals surface area contributed by atoms with E-state index in [4.69, 9.17) is 5.73 Å². The quantitative estimate of drug-likeness (QED) is 0.793. The molecule has 2 atom stereocenters. The molecule has 0 bridgehead atoms. The summed E-state index contributed by atoms with van der Waals surface area (Å²) in [6.45, 7) is 8.86. The van der Waals surface area contributed by atoms with Crippen LogP contribution in [0.4, 0.5) is 0 Å². The van der Waals surface area contributed by atoms with Crippen molar-refractivity contribution in [2.24, 2.45) is 17.1 Å². The van der Waals surface area contributed by atoms with E-state index in [-0.39, 0.29) is 11.5 Å². The molecule has 2 unspecified atom stereocenters. The summed E-state index contributed by atoms with van der Waals surface area (Å²) in [7, 11) is 0. The lowest BCUT2D eigenvalue weighted by atomic mass is 9.77. The fraction of sp³-hybridized carbons (Fsp3) is 0.700. The molecule has 1 aromatic heterocycles. The highest BCUT2D eigenvalue weighted by molar-refractivity contribution is 7.05. The van der Waals surface area contributed by atoms with Crippen LogP contribution < -0.4 is 5.73 Å². The van der Waals surface area contributed by atoms with Gasteiger partial charge in [0.15, 0.2) is 0 Å². The molecule has 0 saturated heterocycles. The molecule has 1 heterocycles. The smallest absolute Gasteiger partial charge is 0.0436 e. The van der Waals surface area contributed by atoms with Gasteiger partial charge >= 0.3 is 0 Å². The minimum Gasteiger partial charge on any atom is -0.323 e. The van der Waals surface area contributed by atoms with Crippen LogP contribution in [0.25, 0.3) is 0 Å². The van der Waals surface area contributed by atoms with Crippen LogP contribution >= 0.6 is 11.5 Å². The van der Waals surface area contributed by atoms with E-state index in [0.717, 1.165) is 0 Å². The van der Waals surface area contributed by atoms with Gasteiger partial charge in [-0.3, -0.25) is 0 Å². The number of nitrogens with two attached hydrogens (primary N) is 1. The maximum Gasteiger partial charge on any atom is 0.0436 e. The fourth-order valence-electron chi connectivity index (χ4n) is 1.18. The Balaban J connectivity index is 2.74. The number of hydrogen-bond acceptors (Lipinski definition) is 3. The Morgan fingerprint density at radius 3 is 2.46 bits per heavy atom. The first-order chi connectivity index (χ1) is 5.93. The van der Waals surface area contributed by atoms with Crippen molar-refractivity contribution >= 4 is 11.5 Å². The van der Waals surface area contributed by atoms with Crippen LogP contribution in [0, 0.1) is 11.3 Å². The SMILES string of the molecule is CC(C(N)c1ccns1)C(C)(C)C. The standard InChI is InChI=1S/C10H18N2S/c1-7(10(2,3)4)9(11)8-5-6-12-13-8/h5-7,9H,11H2,1-4H3. The molecule has 2 N–H and O–H groups in total. The lowest BCUT2D eigenvalue weighted by Gasteiger charge is -2.31. The predicted molar refractivity (Wildman–Crippen MR) is 57.7 cm³/mol. The summed E-state index contributed by atoms with van der Waals surface area (Å²) < 4.78 is 4.07. The topological polar surface area (TPSA) is 38.9 Å². The van der Waals surface area contributed by atoms with E-state index in [1.807, 2.05) is 12.3 Å². The van der Waals surface area contributed by atoms with Gasteiger partial charge in [0.05, 0.1) is 0 Å². The molecule has 0 aliphatic heterocycles. The van der Waals surface area contributed by atoms with Gasteiger partial charge < -0.3 is 5.73 Å². The summed E-state index contributed by atoms with van der Waals surface area (Å²) in [4.78, 5) is 1.18. The number of hydrogen-bond donors (Lipinski definition) is 1. The first kappa shape index (κ1) is 10.7. The average Bonchev–Trinajstić information content (AvgIpc) is 2.51. The van der Waals surface area contributed by atoms with Gasteiger partial charge in [-0.15, -0.1) is 0 Å². The molecule has 1 aromatic rings. The Hall–Kier alpha value is -0.410. The van der Waals surface area contributed by atoms with Crippen molar-refractivity contribution in [2.45, 2.75) is 33.7 Å². The first-order valence-corrected chi connectivity index (χ1v) is 5.36. The van der Waals surface area contributed by atoms with Gasteiger partial charge in [-0.1, -0.05) is 27.7 Å². The van der Waals surface area contributed by atoms with Crippen LogP contribution in [0.1, 0.15) is 38.6 Å². The van der Waals surface area contributed by atoms with Crippen LogP contribution in [0.2, 0.25) is 0 Å². The van der Waals surface area contributed by atoms with Crippen LogP contribution in [0.15, 0.2) is 12.3 Å². The van der Waals surface area contributed by atoms with Crippen LogP contribution in [-0.4, -0.2) is 4.37 Å². The van der Waals surface area contributed by atoms with Gasteiger partial charge in [-0.25, -0.2) is 4.37 Å². The van der Waals surface area contributed by atoms with Crippen LogP contribution in [0.3, 0.4) is 0 Å². The van der Waals surface area contributed by atoms with E-state index in [9.17, 15) is 0 Å². The highest BCUT2D eigenvalue weighted by Gasteiger charge is 2.27. The number of rotatable bonds is 2. The highest BCUT2D eigenvalue weighted by Crippen LogP contribution is 2.35. The van der Waals surface area contributed by atoms with Crippen molar-refractivity contribution in [3.8, 4) is 0 Å². The third-order valence-corrected chi connectivity index (χ3v) is 3.54. The summed E-state index contributed by atoms with van der Waals surface area (Å²) in [5.41, 5.74) is 6.39. The Labute approximate surface area is 84.3 Å². The zero-order valence-electron chi connectivity index (χ0n) is 8.74. The van der Waals surface area contributed by atoms with E-state index >= 15 is 0 Å². The second-order valence-corrected chi connectivity index (χ2v) is 5.46. The Morgan fingerprint density at radius 1 is 1.46 bits per heavy atom. The lowest BCUT2D eigenvalue weighted by molar-refractivity contribution is 0.224. The largest absolute Gasteiger partial charge is 0.323 e. The van der Waals surface area contributed by atoms with Gasteiger partial charge in [0, 0.05) is 17.1 Å². The van der Waals surface area contributed by atoms with E-state index in [1.165, 1.54) is 16.4 Å². The summed E-state index contributed by atoms with van der Waals surface area (Å²) in [5, 5.41) is 0. The van der Waals surface area contributed by atoms with Crippen LogP contribution in [0.5, 0.6) is 0 Å². The minimum atomic E-state index is 0.118. The van der Waals surface area contributed by atoms with Crippen molar-refractivity contribution in [1.82, 2.24) is 4.37 Å². The molecular formula is C10H18N2S. The third-order valence-electron chi connectivity index (χ3n) is 2.69. The average molecular weight is 198 g/mol. The van der Waals surface area contributed by atoms with Gasteiger partial charge in [0.2, 0.25) is 0 Å². The Kier molecular flexibility index (Phi) is 3.09. The van der Waals surface area contributed by atoms with E-state index in [1.54, 1.807) is 0 Å². The number of aromatic nitrogens is 1. The zero-order valence-corrected chi connectivity index (χ0v) is 9.56. The van der Waals surface area contributed by atoms with Gasteiger partial charge in [-0.05, 0) is 28.9 Å². The van der Waals surface area contributed by atoms with E-state index in [0.29, 0.717) is 5.92 Å². The Bertz CT molecular complexity index is 248. The zero-order chi connectivity index (χ0) is 10.1. The number of nitrogens with zero attached hydrogens (tertiary/aromatic N) is 1. The molecule has 0 aliphatic rings. The van der Waals surface area contributed by atoms with Gasteiger partial charge in [0.1, 0.15) is 0 Å². The van der Waals surface area contributed by atoms with Crippen molar-refractivity contribution in [2.75, 3.05) is 0 Å². The summed E-state index contributed by atoms with van der Waals surface area (Å²) in [6.07, 6.45) is 1.81. The normalized spacial score (nSPS) is 17.0. The molecule has 0 aliphatic carbocycles. The second-order valence-electron chi connectivity index (χ2n) is 4.60. The van der Waals surface area contributed by atoms with Crippen molar-refractivity contribution in [1.29, 1.82) is 0 Å². The molecule has 13 heavy (non-hydrogen) atoms. The van der Waals surface area contributed by atoms with E-state index in [2.05, 4.69) is 32.1 Å². The Morgan fingerprint density at radius 2 is 2.08 bits per heavy atom. The molecular weight excluding hydrogens is 180 g/mol.